The number of nitrogens with one attached hydrogen (secondary N) is 3. The lowest BCUT2D eigenvalue weighted by molar-refractivity contribution is -0.129. The van der Waals surface area contributed by atoms with Gasteiger partial charge in [0.1, 0.15) is 12.3 Å². The number of aldehydes is 1. The quantitative estimate of drug-likeness (QED) is 0.416. The number of carbonyl (C=O) groups is 4. The van der Waals surface area contributed by atoms with E-state index in [1.54, 1.807) is 6.08 Å². The molecule has 1 heterocycles. The molecule has 0 bridgehead atoms. The van der Waals surface area contributed by atoms with Gasteiger partial charge in [0.25, 0.3) is 0 Å². The van der Waals surface area contributed by atoms with Crippen LogP contribution in [-0.2, 0) is 19.2 Å². The van der Waals surface area contributed by atoms with Crippen LogP contribution in [-0.4, -0.2) is 42.6 Å². The number of hydrogen-bond acceptors (Lipinski definition) is 4. The molecule has 0 saturated carbocycles. The van der Waals surface area contributed by atoms with Gasteiger partial charge < -0.3 is 20.7 Å². The minimum Gasteiger partial charge on any atom is -0.356 e. The Labute approximate surface area is 165 Å². The van der Waals surface area contributed by atoms with E-state index < -0.39 is 18.0 Å². The minimum absolute atomic E-state index is 0.0921. The van der Waals surface area contributed by atoms with Crippen LogP contribution in [0.3, 0.4) is 0 Å². The molecule has 1 saturated heterocycles. The highest BCUT2D eigenvalue weighted by Gasteiger charge is 2.29. The molecule has 3 amide bonds. The molecule has 7 nitrogen and oxygen atoms in total. The molecule has 1 aliphatic rings. The average Bonchev–Trinajstić information content (AvgIpc) is 3.10. The van der Waals surface area contributed by atoms with Crippen molar-refractivity contribution in [2.75, 3.05) is 6.54 Å². The summed E-state index contributed by atoms with van der Waals surface area (Å²) in [6.07, 6.45) is 5.75. The molecule has 7 heteroatoms. The summed E-state index contributed by atoms with van der Waals surface area (Å²) in [5.74, 6) is -1.16. The summed E-state index contributed by atoms with van der Waals surface area (Å²) in [5.41, 5.74) is 0.880. The number of rotatable bonds is 10. The molecule has 2 rings (SSSR count). The van der Waals surface area contributed by atoms with Crippen LogP contribution in [0.15, 0.2) is 36.4 Å². The summed E-state index contributed by atoms with van der Waals surface area (Å²) in [5, 5.41) is 8.06. The summed E-state index contributed by atoms with van der Waals surface area (Å²) in [6.45, 7) is 2.50. The fourth-order valence-corrected chi connectivity index (χ4v) is 3.12. The molecule has 0 aromatic heterocycles. The van der Waals surface area contributed by atoms with Gasteiger partial charge in [0.2, 0.25) is 17.7 Å². The summed E-state index contributed by atoms with van der Waals surface area (Å²) >= 11 is 0. The fraction of sp³-hybridized carbons (Fsp3) is 0.429. The zero-order chi connectivity index (χ0) is 20.4. The third kappa shape index (κ3) is 6.64. The van der Waals surface area contributed by atoms with Crippen molar-refractivity contribution in [1.29, 1.82) is 0 Å². The number of benzene rings is 1. The van der Waals surface area contributed by atoms with E-state index in [2.05, 4.69) is 16.0 Å². The van der Waals surface area contributed by atoms with Crippen molar-refractivity contribution in [2.24, 2.45) is 5.92 Å². The Hall–Kier alpha value is -2.96. The van der Waals surface area contributed by atoms with Gasteiger partial charge in [-0.25, -0.2) is 0 Å². The highest BCUT2D eigenvalue weighted by Crippen LogP contribution is 2.15. The third-order valence-corrected chi connectivity index (χ3v) is 4.63. The van der Waals surface area contributed by atoms with Crippen molar-refractivity contribution < 1.29 is 19.2 Å². The maximum Gasteiger partial charge on any atom is 0.244 e. The zero-order valence-electron chi connectivity index (χ0n) is 16.0. The Morgan fingerprint density at radius 2 is 2.00 bits per heavy atom. The molecule has 3 N–H and O–H groups in total. The minimum atomic E-state index is -0.752. The standard InChI is InChI=1S/C21H27N3O4/c1-2-6-18(24-19(26)10-9-15-7-4-3-5-8-15)21(28)23-17(14-25)13-16-11-12-22-20(16)27/h3-5,7-10,14,16-18H,2,6,11-13H2,1H3,(H,22,27)(H,23,28)(H,24,26)/t16-,17-,18-/m0/s1. The van der Waals surface area contributed by atoms with Gasteiger partial charge in [0, 0.05) is 18.5 Å². The highest BCUT2D eigenvalue weighted by molar-refractivity contribution is 5.96. The molecule has 1 aliphatic heterocycles. The smallest absolute Gasteiger partial charge is 0.244 e. The van der Waals surface area contributed by atoms with Crippen LogP contribution < -0.4 is 16.0 Å². The maximum atomic E-state index is 12.6. The lowest BCUT2D eigenvalue weighted by atomic mass is 9.98. The molecule has 0 radical (unpaired) electrons. The topological polar surface area (TPSA) is 104 Å². The first-order valence-electron chi connectivity index (χ1n) is 9.60. The van der Waals surface area contributed by atoms with Gasteiger partial charge in [-0.05, 0) is 30.9 Å². The Kier molecular flexibility index (Phi) is 8.39. The van der Waals surface area contributed by atoms with E-state index in [1.165, 1.54) is 6.08 Å². The summed E-state index contributed by atoms with van der Waals surface area (Å²) in [4.78, 5) is 47.8. The van der Waals surface area contributed by atoms with E-state index >= 15 is 0 Å². The molecule has 1 aromatic rings. The SMILES string of the molecule is CCC[C@H](NC(=O)C=Cc1ccccc1)C(=O)N[C@H](C=O)C[C@@H]1CCNC1=O. The summed E-state index contributed by atoms with van der Waals surface area (Å²) in [6, 6.07) is 7.87. The molecule has 150 valence electrons. The first-order chi connectivity index (χ1) is 13.5. The predicted octanol–water partition coefficient (Wildman–Crippen LogP) is 1.19. The van der Waals surface area contributed by atoms with Gasteiger partial charge in [0.05, 0.1) is 6.04 Å². The molecule has 1 fully saturated rings. The average molecular weight is 385 g/mol. The zero-order valence-corrected chi connectivity index (χ0v) is 16.0. The van der Waals surface area contributed by atoms with Crippen molar-refractivity contribution in [3.05, 3.63) is 42.0 Å². The largest absolute Gasteiger partial charge is 0.356 e. The lowest BCUT2D eigenvalue weighted by Crippen LogP contribution is -2.50. The van der Waals surface area contributed by atoms with Gasteiger partial charge in [-0.1, -0.05) is 43.7 Å². The Balaban J connectivity index is 1.92. The van der Waals surface area contributed by atoms with Gasteiger partial charge in [-0.2, -0.15) is 0 Å². The fourth-order valence-electron chi connectivity index (χ4n) is 3.12. The molecule has 0 spiro atoms. The molecule has 1 aromatic carbocycles. The molecule has 3 atom stereocenters. The van der Waals surface area contributed by atoms with E-state index in [0.717, 1.165) is 5.56 Å². The molecule has 0 aliphatic carbocycles. The van der Waals surface area contributed by atoms with Crippen LogP contribution in [0.25, 0.3) is 6.08 Å². The Morgan fingerprint density at radius 1 is 1.25 bits per heavy atom. The highest BCUT2D eigenvalue weighted by atomic mass is 16.2. The maximum absolute atomic E-state index is 12.6. The van der Waals surface area contributed by atoms with Gasteiger partial charge in [0.15, 0.2) is 0 Å². The monoisotopic (exact) mass is 385 g/mol. The first kappa shape index (κ1) is 21.3. The van der Waals surface area contributed by atoms with E-state index in [4.69, 9.17) is 0 Å². The van der Waals surface area contributed by atoms with Crippen molar-refractivity contribution in [2.45, 2.75) is 44.7 Å². The normalized spacial score (nSPS) is 18.3. The molecule has 0 unspecified atom stereocenters. The second-order valence-electron chi connectivity index (χ2n) is 6.86. The van der Waals surface area contributed by atoms with Crippen LogP contribution in [0.4, 0.5) is 0 Å². The van der Waals surface area contributed by atoms with Crippen molar-refractivity contribution in [1.82, 2.24) is 16.0 Å². The third-order valence-electron chi connectivity index (χ3n) is 4.63. The Morgan fingerprint density at radius 3 is 2.61 bits per heavy atom. The van der Waals surface area contributed by atoms with E-state index in [0.29, 0.717) is 32.1 Å². The predicted molar refractivity (Wildman–Crippen MR) is 106 cm³/mol. The van der Waals surface area contributed by atoms with Crippen molar-refractivity contribution in [3.63, 3.8) is 0 Å². The van der Waals surface area contributed by atoms with Crippen LogP contribution in [0.5, 0.6) is 0 Å². The van der Waals surface area contributed by atoms with Gasteiger partial charge in [-0.15, -0.1) is 0 Å². The molecular formula is C21H27N3O4. The van der Waals surface area contributed by atoms with Gasteiger partial charge >= 0.3 is 0 Å². The summed E-state index contributed by atoms with van der Waals surface area (Å²) in [7, 11) is 0. The number of carbonyl (C=O) groups excluding carboxylic acids is 4. The first-order valence-corrected chi connectivity index (χ1v) is 9.60. The summed E-state index contributed by atoms with van der Waals surface area (Å²) < 4.78 is 0. The van der Waals surface area contributed by atoms with Crippen LogP contribution >= 0.6 is 0 Å². The van der Waals surface area contributed by atoms with E-state index in [9.17, 15) is 19.2 Å². The van der Waals surface area contributed by atoms with Crippen LogP contribution in [0.1, 0.15) is 38.2 Å². The van der Waals surface area contributed by atoms with Gasteiger partial charge in [-0.3, -0.25) is 14.4 Å². The lowest BCUT2D eigenvalue weighted by Gasteiger charge is -2.21. The van der Waals surface area contributed by atoms with Crippen molar-refractivity contribution in [3.8, 4) is 0 Å². The second kappa shape index (κ2) is 11.0. The molecular weight excluding hydrogens is 358 g/mol. The number of hydrogen-bond donors (Lipinski definition) is 3. The van der Waals surface area contributed by atoms with E-state index in [-0.39, 0.29) is 24.2 Å². The van der Waals surface area contributed by atoms with E-state index in [1.807, 2.05) is 37.3 Å². The van der Waals surface area contributed by atoms with Crippen LogP contribution in [0, 0.1) is 5.92 Å². The number of amides is 3. The van der Waals surface area contributed by atoms with Crippen molar-refractivity contribution >= 4 is 30.1 Å². The second-order valence-corrected chi connectivity index (χ2v) is 6.86. The Bertz CT molecular complexity index is 718. The molecule has 28 heavy (non-hydrogen) atoms. The van der Waals surface area contributed by atoms with Crippen LogP contribution in [0.2, 0.25) is 0 Å².